The second kappa shape index (κ2) is 13.0. The fourth-order valence-electron chi connectivity index (χ4n) is 1.24. The fourth-order valence-corrected chi connectivity index (χ4v) is 1.24. The van der Waals surface area contributed by atoms with E-state index in [0.717, 1.165) is 25.2 Å². The van der Waals surface area contributed by atoms with Crippen LogP contribution in [0.3, 0.4) is 0 Å². The molecule has 0 aliphatic carbocycles. The Morgan fingerprint density at radius 1 is 1.20 bits per heavy atom. The van der Waals surface area contributed by atoms with Crippen molar-refractivity contribution in [2.75, 3.05) is 6.61 Å². The fraction of sp³-hybridized carbons (Fsp3) is 0.571. The predicted octanol–water partition coefficient (Wildman–Crippen LogP) is 4.87. The van der Waals surface area contributed by atoms with Crippen LogP contribution in [0.5, 0.6) is 0 Å². The van der Waals surface area contributed by atoms with Gasteiger partial charge in [-0.2, -0.15) is 0 Å². The quantitative estimate of drug-likeness (QED) is 0.600. The molecule has 0 saturated carbocycles. The third-order valence-corrected chi connectivity index (χ3v) is 1.75. The zero-order chi connectivity index (χ0) is 12.1. The van der Waals surface area contributed by atoms with Gasteiger partial charge in [0.2, 0.25) is 0 Å². The highest BCUT2D eigenvalue weighted by atomic mass is 16.5. The predicted molar refractivity (Wildman–Crippen MR) is 69.9 cm³/mol. The lowest BCUT2D eigenvalue weighted by molar-refractivity contribution is 0.193. The molecular weight excluding hydrogens is 184 g/mol. The molecule has 0 aromatic rings. The van der Waals surface area contributed by atoms with Crippen molar-refractivity contribution in [2.24, 2.45) is 0 Å². The third kappa shape index (κ3) is 7.01. The Labute approximate surface area is 95.5 Å². The summed E-state index contributed by atoms with van der Waals surface area (Å²) >= 11 is 0. The van der Waals surface area contributed by atoms with Gasteiger partial charge in [-0.3, -0.25) is 0 Å². The first-order chi connectivity index (χ1) is 7.38. The van der Waals surface area contributed by atoms with Gasteiger partial charge in [0.15, 0.2) is 0 Å². The van der Waals surface area contributed by atoms with E-state index in [-0.39, 0.29) is 0 Å². The standard InChI is InChI=1S/C10H14O.2C2H6/c1-3-6-9-7-5-8-11-10(9)4-2;2*1-2/h3-4,6H,1,5,7-8H2,2H3;2*1-2H3/b9-6-,10-4+;;. The van der Waals surface area contributed by atoms with Crippen molar-refractivity contribution in [1.82, 2.24) is 0 Å². The topological polar surface area (TPSA) is 9.23 Å². The number of hydrogen-bond acceptors (Lipinski definition) is 1. The number of ether oxygens (including phenoxy) is 1. The first kappa shape index (κ1) is 16.4. The van der Waals surface area contributed by atoms with Gasteiger partial charge in [-0.05, 0) is 31.4 Å². The van der Waals surface area contributed by atoms with Crippen LogP contribution < -0.4 is 0 Å². The molecule has 1 rings (SSSR count). The van der Waals surface area contributed by atoms with Gasteiger partial charge in [-0.1, -0.05) is 46.4 Å². The third-order valence-electron chi connectivity index (χ3n) is 1.75. The summed E-state index contributed by atoms with van der Waals surface area (Å²) in [6.07, 6.45) is 8.08. The Morgan fingerprint density at radius 2 is 1.80 bits per heavy atom. The van der Waals surface area contributed by atoms with Crippen LogP contribution in [0, 0.1) is 0 Å². The molecule has 1 heterocycles. The monoisotopic (exact) mass is 210 g/mol. The molecular formula is C14H26O. The summed E-state index contributed by atoms with van der Waals surface area (Å²) < 4.78 is 5.44. The Hall–Kier alpha value is -0.980. The van der Waals surface area contributed by atoms with Crippen molar-refractivity contribution < 1.29 is 4.74 Å². The molecule has 0 aromatic heterocycles. The summed E-state index contributed by atoms with van der Waals surface area (Å²) in [5.41, 5.74) is 1.27. The molecule has 1 aliphatic heterocycles. The van der Waals surface area contributed by atoms with Crippen LogP contribution in [0.1, 0.15) is 47.5 Å². The molecule has 88 valence electrons. The van der Waals surface area contributed by atoms with Crippen molar-refractivity contribution in [3.8, 4) is 0 Å². The van der Waals surface area contributed by atoms with Crippen LogP contribution in [0.15, 0.2) is 36.1 Å². The largest absolute Gasteiger partial charge is 0.494 e. The van der Waals surface area contributed by atoms with Gasteiger partial charge in [-0.25, -0.2) is 0 Å². The maximum Gasteiger partial charge on any atom is 0.118 e. The Balaban J connectivity index is 0. The zero-order valence-electron chi connectivity index (χ0n) is 11.0. The summed E-state index contributed by atoms with van der Waals surface area (Å²) in [5.74, 6) is 1.02. The first-order valence-electron chi connectivity index (χ1n) is 5.99. The molecule has 1 fully saturated rings. The van der Waals surface area contributed by atoms with Crippen molar-refractivity contribution in [3.05, 3.63) is 36.1 Å². The maximum absolute atomic E-state index is 5.44. The van der Waals surface area contributed by atoms with Gasteiger partial charge in [0.1, 0.15) is 5.76 Å². The van der Waals surface area contributed by atoms with E-state index in [4.69, 9.17) is 4.74 Å². The Bertz CT molecular complexity index is 199. The summed E-state index contributed by atoms with van der Waals surface area (Å²) in [6, 6.07) is 0. The zero-order valence-corrected chi connectivity index (χ0v) is 11.0. The molecule has 0 radical (unpaired) electrons. The minimum absolute atomic E-state index is 0.855. The van der Waals surface area contributed by atoms with E-state index in [1.807, 2.05) is 52.8 Å². The molecule has 0 spiro atoms. The molecule has 0 bridgehead atoms. The second-order valence-corrected chi connectivity index (χ2v) is 2.53. The van der Waals surface area contributed by atoms with E-state index in [0.29, 0.717) is 0 Å². The molecule has 1 heteroatoms. The van der Waals surface area contributed by atoms with E-state index in [2.05, 4.69) is 6.58 Å². The number of hydrogen-bond donors (Lipinski definition) is 0. The summed E-state index contributed by atoms with van der Waals surface area (Å²) in [5, 5.41) is 0. The second-order valence-electron chi connectivity index (χ2n) is 2.53. The molecule has 1 aliphatic rings. The van der Waals surface area contributed by atoms with E-state index < -0.39 is 0 Å². The van der Waals surface area contributed by atoms with Crippen molar-refractivity contribution in [3.63, 3.8) is 0 Å². The van der Waals surface area contributed by atoms with Crippen LogP contribution in [-0.4, -0.2) is 6.61 Å². The molecule has 15 heavy (non-hydrogen) atoms. The Morgan fingerprint density at radius 3 is 2.27 bits per heavy atom. The van der Waals surface area contributed by atoms with Crippen LogP contribution in [0.25, 0.3) is 0 Å². The summed E-state index contributed by atoms with van der Waals surface area (Å²) in [7, 11) is 0. The van der Waals surface area contributed by atoms with Gasteiger partial charge in [0.05, 0.1) is 6.61 Å². The number of allylic oxidation sites excluding steroid dienone is 4. The normalized spacial score (nSPS) is 19.3. The SMILES string of the molecule is C=C/C=C1/CCCO/C1=C/C.CC.CC. The van der Waals surface area contributed by atoms with E-state index in [1.54, 1.807) is 0 Å². The first-order valence-corrected chi connectivity index (χ1v) is 5.99. The maximum atomic E-state index is 5.44. The molecule has 0 N–H and O–H groups in total. The van der Waals surface area contributed by atoms with Gasteiger partial charge < -0.3 is 4.74 Å². The smallest absolute Gasteiger partial charge is 0.118 e. The lowest BCUT2D eigenvalue weighted by Crippen LogP contribution is -2.05. The average molecular weight is 210 g/mol. The molecule has 1 nitrogen and oxygen atoms in total. The molecule has 0 amide bonds. The van der Waals surface area contributed by atoms with Gasteiger partial charge in [0, 0.05) is 0 Å². The minimum atomic E-state index is 0.855. The molecule has 0 atom stereocenters. The highest BCUT2D eigenvalue weighted by Gasteiger charge is 2.09. The van der Waals surface area contributed by atoms with Gasteiger partial charge in [0.25, 0.3) is 0 Å². The van der Waals surface area contributed by atoms with Crippen molar-refractivity contribution in [2.45, 2.75) is 47.5 Å². The van der Waals surface area contributed by atoms with E-state index in [9.17, 15) is 0 Å². The van der Waals surface area contributed by atoms with E-state index >= 15 is 0 Å². The van der Waals surface area contributed by atoms with Crippen LogP contribution in [0.4, 0.5) is 0 Å². The van der Waals surface area contributed by atoms with Gasteiger partial charge >= 0.3 is 0 Å². The average Bonchev–Trinajstić information content (AvgIpc) is 2.35. The van der Waals surface area contributed by atoms with Crippen molar-refractivity contribution in [1.29, 1.82) is 0 Å². The molecule has 0 unspecified atom stereocenters. The van der Waals surface area contributed by atoms with Crippen LogP contribution in [0.2, 0.25) is 0 Å². The van der Waals surface area contributed by atoms with Crippen LogP contribution >= 0.6 is 0 Å². The summed E-state index contributed by atoms with van der Waals surface area (Å²) in [4.78, 5) is 0. The highest BCUT2D eigenvalue weighted by Crippen LogP contribution is 2.22. The van der Waals surface area contributed by atoms with Gasteiger partial charge in [-0.15, -0.1) is 0 Å². The van der Waals surface area contributed by atoms with E-state index in [1.165, 1.54) is 5.57 Å². The lowest BCUT2D eigenvalue weighted by atomic mass is 10.1. The minimum Gasteiger partial charge on any atom is -0.494 e. The van der Waals surface area contributed by atoms with Crippen molar-refractivity contribution >= 4 is 0 Å². The molecule has 0 aromatic carbocycles. The highest BCUT2D eigenvalue weighted by molar-refractivity contribution is 5.29. The Kier molecular flexibility index (Phi) is 14.3. The lowest BCUT2D eigenvalue weighted by Gasteiger charge is -2.18. The van der Waals surface area contributed by atoms with Crippen LogP contribution in [-0.2, 0) is 4.74 Å². The summed E-state index contributed by atoms with van der Waals surface area (Å²) in [6.45, 7) is 14.5. The molecule has 1 saturated heterocycles. The number of rotatable bonds is 1.